The summed E-state index contributed by atoms with van der Waals surface area (Å²) in [5.41, 5.74) is 0.893. The van der Waals surface area contributed by atoms with E-state index in [1.54, 1.807) is 6.07 Å². The van der Waals surface area contributed by atoms with Gasteiger partial charge in [0, 0.05) is 30.4 Å². The summed E-state index contributed by atoms with van der Waals surface area (Å²) in [6.07, 6.45) is 6.64. The number of carbonyl (C=O) groups is 1. The average molecular weight is 432 g/mol. The van der Waals surface area contributed by atoms with Crippen molar-refractivity contribution in [1.82, 2.24) is 4.72 Å². The van der Waals surface area contributed by atoms with Crippen molar-refractivity contribution in [2.24, 2.45) is 0 Å². The van der Waals surface area contributed by atoms with Gasteiger partial charge in [-0.15, -0.1) is 0 Å². The van der Waals surface area contributed by atoms with Crippen LogP contribution in [0.15, 0.2) is 59.5 Å². The molecule has 0 aliphatic carbocycles. The van der Waals surface area contributed by atoms with E-state index in [0.29, 0.717) is 17.8 Å². The molecule has 0 aliphatic rings. The number of benzene rings is 2. The van der Waals surface area contributed by atoms with Gasteiger partial charge in [-0.1, -0.05) is 38.3 Å². The number of hydrogen-bond acceptors (Lipinski definition) is 5. The van der Waals surface area contributed by atoms with Crippen LogP contribution in [0.4, 0.5) is 11.4 Å². The summed E-state index contributed by atoms with van der Waals surface area (Å²) in [6, 6.07) is 11.8. The minimum absolute atomic E-state index is 0.0617. The van der Waals surface area contributed by atoms with Crippen molar-refractivity contribution >= 4 is 33.4 Å². The lowest BCUT2D eigenvalue weighted by Crippen LogP contribution is -2.24. The summed E-state index contributed by atoms with van der Waals surface area (Å²) in [7, 11) is -3.58. The van der Waals surface area contributed by atoms with E-state index >= 15 is 0 Å². The average Bonchev–Trinajstić information content (AvgIpc) is 2.72. The van der Waals surface area contributed by atoms with Crippen LogP contribution in [0.2, 0.25) is 0 Å². The molecule has 2 rings (SSSR count). The van der Waals surface area contributed by atoms with Gasteiger partial charge in [-0.25, -0.2) is 13.1 Å². The van der Waals surface area contributed by atoms with Gasteiger partial charge in [0.1, 0.15) is 0 Å². The minimum Gasteiger partial charge on any atom is -0.323 e. The highest BCUT2D eigenvalue weighted by Crippen LogP contribution is 2.16. The third-order valence-electron chi connectivity index (χ3n) is 4.26. The van der Waals surface area contributed by atoms with Gasteiger partial charge in [-0.2, -0.15) is 0 Å². The highest BCUT2D eigenvalue weighted by molar-refractivity contribution is 7.89. The summed E-state index contributed by atoms with van der Waals surface area (Å²) in [6.45, 7) is 2.48. The number of rotatable bonds is 11. The third-order valence-corrected chi connectivity index (χ3v) is 5.74. The van der Waals surface area contributed by atoms with Crippen molar-refractivity contribution in [3.05, 3.63) is 70.3 Å². The molecule has 0 aliphatic heterocycles. The lowest BCUT2D eigenvalue weighted by atomic mass is 10.2. The van der Waals surface area contributed by atoms with Gasteiger partial charge in [0.15, 0.2) is 0 Å². The molecule has 0 spiro atoms. The van der Waals surface area contributed by atoms with E-state index in [-0.39, 0.29) is 10.6 Å². The second kappa shape index (κ2) is 11.2. The Labute approximate surface area is 176 Å². The van der Waals surface area contributed by atoms with Crippen LogP contribution < -0.4 is 10.0 Å². The second-order valence-electron chi connectivity index (χ2n) is 6.66. The number of non-ortho nitro benzene ring substituents is 1. The Bertz CT molecular complexity index is 1000. The van der Waals surface area contributed by atoms with Crippen LogP contribution in [0, 0.1) is 10.1 Å². The van der Waals surface area contributed by atoms with Gasteiger partial charge in [-0.3, -0.25) is 14.9 Å². The normalized spacial score (nSPS) is 11.5. The first-order chi connectivity index (χ1) is 14.3. The first-order valence-corrected chi connectivity index (χ1v) is 11.1. The van der Waals surface area contributed by atoms with Gasteiger partial charge in [0.05, 0.1) is 9.82 Å². The maximum absolute atomic E-state index is 12.3. The zero-order valence-electron chi connectivity index (χ0n) is 16.7. The zero-order chi connectivity index (χ0) is 22.0. The molecule has 0 atom stereocenters. The molecule has 0 aromatic heterocycles. The van der Waals surface area contributed by atoms with E-state index in [1.807, 2.05) is 0 Å². The van der Waals surface area contributed by atoms with Crippen LogP contribution in [0.5, 0.6) is 0 Å². The number of hydrogen-bond donors (Lipinski definition) is 2. The highest BCUT2D eigenvalue weighted by atomic mass is 32.2. The van der Waals surface area contributed by atoms with Gasteiger partial charge in [0.25, 0.3) is 5.69 Å². The van der Waals surface area contributed by atoms with Crippen molar-refractivity contribution in [2.45, 2.75) is 37.5 Å². The maximum Gasteiger partial charge on any atom is 0.270 e. The molecule has 8 nitrogen and oxygen atoms in total. The molecular weight excluding hydrogens is 406 g/mol. The van der Waals surface area contributed by atoms with Gasteiger partial charge < -0.3 is 5.32 Å². The standard InChI is InChI=1S/C21H25N3O5S/c1-2-3-4-5-15-22-30(28,29)20-12-10-18(11-13-20)23-21(25)14-9-17-7-6-8-19(16-17)24(26)27/h6-14,16,22H,2-5,15H2,1H3,(H,23,25). The fourth-order valence-corrected chi connectivity index (χ4v) is 3.73. The van der Waals surface area contributed by atoms with Gasteiger partial charge in [-0.05, 0) is 42.3 Å². The van der Waals surface area contributed by atoms with E-state index in [1.165, 1.54) is 54.6 Å². The molecule has 0 fully saturated rings. The molecule has 0 heterocycles. The summed E-state index contributed by atoms with van der Waals surface area (Å²) in [5.74, 6) is -0.439. The Morgan fingerprint density at radius 1 is 1.10 bits per heavy atom. The second-order valence-corrected chi connectivity index (χ2v) is 8.42. The molecule has 2 aromatic rings. The summed E-state index contributed by atoms with van der Waals surface area (Å²) >= 11 is 0. The largest absolute Gasteiger partial charge is 0.323 e. The predicted molar refractivity (Wildman–Crippen MR) is 117 cm³/mol. The molecule has 160 valence electrons. The number of carbonyl (C=O) groups excluding carboxylic acids is 1. The van der Waals surface area contributed by atoms with Crippen molar-refractivity contribution in [1.29, 1.82) is 0 Å². The smallest absolute Gasteiger partial charge is 0.270 e. The lowest BCUT2D eigenvalue weighted by molar-refractivity contribution is -0.384. The van der Waals surface area contributed by atoms with Gasteiger partial charge in [0.2, 0.25) is 15.9 Å². The zero-order valence-corrected chi connectivity index (χ0v) is 17.5. The van der Waals surface area contributed by atoms with Crippen LogP contribution in [0.1, 0.15) is 38.2 Å². The van der Waals surface area contributed by atoms with Crippen molar-refractivity contribution in [3.63, 3.8) is 0 Å². The predicted octanol–water partition coefficient (Wildman–Crippen LogP) is 4.11. The number of nitro groups is 1. The number of anilines is 1. The molecule has 0 unspecified atom stereocenters. The van der Waals surface area contributed by atoms with E-state index in [0.717, 1.165) is 25.7 Å². The van der Waals surface area contributed by atoms with Crippen LogP contribution >= 0.6 is 0 Å². The molecule has 0 radical (unpaired) electrons. The molecule has 9 heteroatoms. The highest BCUT2D eigenvalue weighted by Gasteiger charge is 2.13. The van der Waals surface area contributed by atoms with Crippen LogP contribution in [-0.2, 0) is 14.8 Å². The number of nitrogens with one attached hydrogen (secondary N) is 2. The van der Waals surface area contributed by atoms with E-state index < -0.39 is 20.9 Å². The van der Waals surface area contributed by atoms with E-state index in [9.17, 15) is 23.3 Å². The van der Waals surface area contributed by atoms with Gasteiger partial charge >= 0.3 is 0 Å². The maximum atomic E-state index is 12.3. The molecular formula is C21H25N3O5S. The first-order valence-electron chi connectivity index (χ1n) is 9.65. The van der Waals surface area contributed by atoms with Crippen molar-refractivity contribution < 1.29 is 18.1 Å². The molecule has 0 saturated heterocycles. The molecule has 0 bridgehead atoms. The van der Waals surface area contributed by atoms with Crippen LogP contribution in [-0.4, -0.2) is 25.8 Å². The number of amides is 1. The first kappa shape index (κ1) is 23.2. The summed E-state index contributed by atoms with van der Waals surface area (Å²) < 4.78 is 27.1. The fraction of sp³-hybridized carbons (Fsp3) is 0.286. The topological polar surface area (TPSA) is 118 Å². The lowest BCUT2D eigenvalue weighted by Gasteiger charge is -2.08. The van der Waals surface area contributed by atoms with Crippen LogP contribution in [0.3, 0.4) is 0 Å². The monoisotopic (exact) mass is 431 g/mol. The summed E-state index contributed by atoms with van der Waals surface area (Å²) in [5, 5.41) is 13.4. The Morgan fingerprint density at radius 2 is 1.83 bits per heavy atom. The van der Waals surface area contributed by atoms with E-state index in [2.05, 4.69) is 17.0 Å². The van der Waals surface area contributed by atoms with Crippen molar-refractivity contribution in [3.8, 4) is 0 Å². The number of nitrogens with zero attached hydrogens (tertiary/aromatic N) is 1. The fourth-order valence-electron chi connectivity index (χ4n) is 2.66. The molecule has 0 saturated carbocycles. The summed E-state index contributed by atoms with van der Waals surface area (Å²) in [4.78, 5) is 22.5. The minimum atomic E-state index is -3.58. The number of unbranched alkanes of at least 4 members (excludes halogenated alkanes) is 3. The molecule has 2 aromatic carbocycles. The van der Waals surface area contributed by atoms with E-state index in [4.69, 9.17) is 0 Å². The molecule has 1 amide bonds. The Balaban J connectivity index is 1.92. The van der Waals surface area contributed by atoms with Crippen LogP contribution in [0.25, 0.3) is 6.08 Å². The quantitative estimate of drug-likeness (QED) is 0.240. The Morgan fingerprint density at radius 3 is 2.50 bits per heavy atom. The Kier molecular flexibility index (Phi) is 8.70. The Hall–Kier alpha value is -3.04. The van der Waals surface area contributed by atoms with Crippen molar-refractivity contribution in [2.75, 3.05) is 11.9 Å². The SMILES string of the molecule is CCCCCCNS(=O)(=O)c1ccc(NC(=O)C=Cc2cccc([N+](=O)[O-])c2)cc1. The third kappa shape index (κ3) is 7.41. The number of sulfonamides is 1. The number of nitro benzene ring substituents is 1. The molecule has 2 N–H and O–H groups in total. The molecule has 30 heavy (non-hydrogen) atoms.